The maximum Gasteiger partial charge on any atom is 0.275 e. The van der Waals surface area contributed by atoms with E-state index >= 15 is 0 Å². The number of carbonyl (C=O) groups is 2. The standard InChI is InChI=1S/C17H16N6O2S/c24-16(19-12-5-2-1-3-6-12)13-9-18-23-8-4-7-22(10-15(13)23)17(25)14-11-26-21-20-14/h1-3,5-6,9,11H,4,7-8,10H2,(H,19,24). The Kier molecular flexibility index (Phi) is 4.44. The van der Waals surface area contributed by atoms with Crippen molar-refractivity contribution in [1.29, 1.82) is 0 Å². The number of rotatable bonds is 3. The van der Waals surface area contributed by atoms with Crippen molar-refractivity contribution in [3.8, 4) is 0 Å². The van der Waals surface area contributed by atoms with E-state index in [1.807, 2.05) is 30.3 Å². The molecule has 0 spiro atoms. The molecular formula is C17H16N6O2S. The first-order valence-corrected chi connectivity index (χ1v) is 9.03. The molecule has 1 aliphatic heterocycles. The molecule has 0 aliphatic carbocycles. The van der Waals surface area contributed by atoms with E-state index in [1.165, 1.54) is 0 Å². The zero-order chi connectivity index (χ0) is 17.9. The lowest BCUT2D eigenvalue weighted by Gasteiger charge is -2.19. The second kappa shape index (κ2) is 7.04. The van der Waals surface area contributed by atoms with Crippen LogP contribution >= 0.6 is 11.5 Å². The molecule has 3 heterocycles. The Hall–Kier alpha value is -3.07. The lowest BCUT2D eigenvalue weighted by atomic mass is 10.2. The van der Waals surface area contributed by atoms with E-state index in [0.29, 0.717) is 36.6 Å². The van der Waals surface area contributed by atoms with Crippen LogP contribution in [0.5, 0.6) is 0 Å². The highest BCUT2D eigenvalue weighted by Gasteiger charge is 2.26. The lowest BCUT2D eigenvalue weighted by molar-refractivity contribution is 0.0738. The molecule has 0 unspecified atom stereocenters. The fourth-order valence-electron chi connectivity index (χ4n) is 2.94. The van der Waals surface area contributed by atoms with Crippen LogP contribution in [0.4, 0.5) is 5.69 Å². The molecular weight excluding hydrogens is 352 g/mol. The summed E-state index contributed by atoms with van der Waals surface area (Å²) < 4.78 is 5.55. The van der Waals surface area contributed by atoms with Crippen molar-refractivity contribution >= 4 is 29.0 Å². The molecule has 0 saturated heterocycles. The quantitative estimate of drug-likeness (QED) is 0.764. The van der Waals surface area contributed by atoms with Gasteiger partial charge in [0.25, 0.3) is 11.8 Å². The first-order chi connectivity index (χ1) is 12.7. The van der Waals surface area contributed by atoms with Crippen LogP contribution in [0.2, 0.25) is 0 Å². The Bertz CT molecular complexity index is 922. The predicted molar refractivity (Wildman–Crippen MR) is 95.9 cm³/mol. The van der Waals surface area contributed by atoms with Gasteiger partial charge in [0.05, 0.1) is 24.0 Å². The molecule has 1 N–H and O–H groups in total. The number of carbonyl (C=O) groups excluding carboxylic acids is 2. The van der Waals surface area contributed by atoms with Gasteiger partial charge in [-0.1, -0.05) is 22.7 Å². The molecule has 9 heteroatoms. The number of nitrogens with one attached hydrogen (secondary N) is 1. The molecule has 8 nitrogen and oxygen atoms in total. The summed E-state index contributed by atoms with van der Waals surface area (Å²) in [5, 5.41) is 12.7. The summed E-state index contributed by atoms with van der Waals surface area (Å²) in [5.74, 6) is -0.412. The summed E-state index contributed by atoms with van der Waals surface area (Å²) >= 11 is 1.14. The third kappa shape index (κ3) is 3.21. The lowest BCUT2D eigenvalue weighted by Crippen LogP contribution is -2.31. The third-order valence-corrected chi connectivity index (χ3v) is 4.73. The van der Waals surface area contributed by atoms with Gasteiger partial charge >= 0.3 is 0 Å². The molecule has 4 rings (SSSR count). The third-order valence-electron chi connectivity index (χ3n) is 4.23. The molecule has 132 valence electrons. The van der Waals surface area contributed by atoms with E-state index in [4.69, 9.17) is 0 Å². The van der Waals surface area contributed by atoms with Crippen molar-refractivity contribution in [1.82, 2.24) is 24.3 Å². The van der Waals surface area contributed by atoms with Crippen molar-refractivity contribution in [2.45, 2.75) is 19.5 Å². The number of para-hydroxylation sites is 1. The van der Waals surface area contributed by atoms with E-state index in [1.54, 1.807) is 21.2 Å². The highest BCUT2D eigenvalue weighted by molar-refractivity contribution is 7.03. The molecule has 2 amide bonds. The maximum atomic E-state index is 12.7. The van der Waals surface area contributed by atoms with E-state index in [2.05, 4.69) is 20.0 Å². The fourth-order valence-corrected chi connectivity index (χ4v) is 3.37. The van der Waals surface area contributed by atoms with Crippen LogP contribution in [0, 0.1) is 0 Å². The second-order valence-electron chi connectivity index (χ2n) is 5.92. The monoisotopic (exact) mass is 368 g/mol. The summed E-state index contributed by atoms with van der Waals surface area (Å²) in [6, 6.07) is 9.25. The zero-order valence-corrected chi connectivity index (χ0v) is 14.6. The zero-order valence-electron chi connectivity index (χ0n) is 13.8. The summed E-state index contributed by atoms with van der Waals surface area (Å²) in [7, 11) is 0. The van der Waals surface area contributed by atoms with Crippen LogP contribution in [0.15, 0.2) is 41.9 Å². The minimum absolute atomic E-state index is 0.178. The van der Waals surface area contributed by atoms with E-state index in [-0.39, 0.29) is 11.8 Å². The maximum absolute atomic E-state index is 12.7. The highest BCUT2D eigenvalue weighted by atomic mass is 32.1. The first kappa shape index (κ1) is 16.4. The number of amides is 2. The van der Waals surface area contributed by atoms with Crippen LogP contribution in [0.3, 0.4) is 0 Å². The molecule has 3 aromatic rings. The molecule has 1 aromatic carbocycles. The summed E-state index contributed by atoms with van der Waals surface area (Å²) in [5.41, 5.74) is 2.25. The predicted octanol–water partition coefficient (Wildman–Crippen LogP) is 2.03. The number of aromatic nitrogens is 4. The fraction of sp³-hybridized carbons (Fsp3) is 0.235. The molecule has 0 radical (unpaired) electrons. The Morgan fingerprint density at radius 3 is 2.77 bits per heavy atom. The number of nitrogens with zero attached hydrogens (tertiary/aromatic N) is 5. The van der Waals surface area contributed by atoms with Gasteiger partial charge in [-0.15, -0.1) is 5.10 Å². The van der Waals surface area contributed by atoms with Gasteiger partial charge < -0.3 is 10.2 Å². The van der Waals surface area contributed by atoms with Crippen molar-refractivity contribution in [2.24, 2.45) is 0 Å². The molecule has 0 fully saturated rings. The topological polar surface area (TPSA) is 93.0 Å². The molecule has 1 aliphatic rings. The molecule has 0 atom stereocenters. The minimum Gasteiger partial charge on any atom is -0.331 e. The summed E-state index contributed by atoms with van der Waals surface area (Å²) in [6.07, 6.45) is 2.32. The van der Waals surface area contributed by atoms with Gasteiger partial charge in [0.1, 0.15) is 0 Å². The van der Waals surface area contributed by atoms with Gasteiger partial charge in [-0.3, -0.25) is 14.3 Å². The highest BCUT2D eigenvalue weighted by Crippen LogP contribution is 2.19. The van der Waals surface area contributed by atoms with Crippen molar-refractivity contribution in [3.63, 3.8) is 0 Å². The van der Waals surface area contributed by atoms with Crippen molar-refractivity contribution in [2.75, 3.05) is 11.9 Å². The van der Waals surface area contributed by atoms with Gasteiger partial charge in [-0.2, -0.15) is 5.10 Å². The van der Waals surface area contributed by atoms with Crippen LogP contribution in [-0.4, -0.2) is 42.6 Å². The van der Waals surface area contributed by atoms with Crippen LogP contribution in [0.1, 0.15) is 33.0 Å². The van der Waals surface area contributed by atoms with Gasteiger partial charge in [-0.25, -0.2) is 0 Å². The van der Waals surface area contributed by atoms with Gasteiger partial charge in [0.2, 0.25) is 0 Å². The normalized spacial score (nSPS) is 13.8. The Balaban J connectivity index is 1.58. The Morgan fingerprint density at radius 1 is 1.15 bits per heavy atom. The first-order valence-electron chi connectivity index (χ1n) is 8.20. The minimum atomic E-state index is -0.234. The van der Waals surface area contributed by atoms with E-state index in [9.17, 15) is 9.59 Å². The average molecular weight is 368 g/mol. The number of hydrogen-bond acceptors (Lipinski definition) is 6. The summed E-state index contributed by atoms with van der Waals surface area (Å²) in [6.45, 7) is 1.56. The van der Waals surface area contributed by atoms with Crippen LogP contribution < -0.4 is 5.32 Å². The number of benzene rings is 1. The smallest absolute Gasteiger partial charge is 0.275 e. The molecule has 2 aromatic heterocycles. The van der Waals surface area contributed by atoms with Crippen LogP contribution in [0.25, 0.3) is 0 Å². The van der Waals surface area contributed by atoms with E-state index < -0.39 is 0 Å². The SMILES string of the molecule is O=C(Nc1ccccc1)c1cnn2c1CN(C(=O)c1csnn1)CCC2. The number of anilines is 1. The largest absolute Gasteiger partial charge is 0.331 e. The van der Waals surface area contributed by atoms with Crippen LogP contribution in [-0.2, 0) is 13.1 Å². The molecule has 26 heavy (non-hydrogen) atoms. The Morgan fingerprint density at radius 2 is 2.00 bits per heavy atom. The summed E-state index contributed by atoms with van der Waals surface area (Å²) in [4.78, 5) is 27.0. The molecule has 0 saturated carbocycles. The van der Waals surface area contributed by atoms with Gasteiger partial charge in [-0.05, 0) is 30.1 Å². The van der Waals surface area contributed by atoms with Crippen molar-refractivity contribution < 1.29 is 9.59 Å². The van der Waals surface area contributed by atoms with Crippen molar-refractivity contribution in [3.05, 3.63) is 58.9 Å². The average Bonchev–Trinajstić information content (AvgIpc) is 3.28. The number of fused-ring (bicyclic) bond motifs is 1. The Labute approximate surface area is 153 Å². The van der Waals surface area contributed by atoms with Gasteiger partial charge in [0, 0.05) is 24.2 Å². The molecule has 0 bridgehead atoms. The van der Waals surface area contributed by atoms with E-state index in [0.717, 1.165) is 23.6 Å². The number of aryl methyl sites for hydroxylation is 1. The second-order valence-corrected chi connectivity index (χ2v) is 6.53. The number of hydrogen-bond donors (Lipinski definition) is 1. The van der Waals surface area contributed by atoms with Gasteiger partial charge in [0.15, 0.2) is 5.69 Å².